The Morgan fingerprint density at radius 3 is 2.41 bits per heavy atom. The SMILES string of the molecule is CCCCCCCCC(=O)N(CCOC)CC(=O)Nc1cc(-c2ccccc2)nn1-c1ccc(F)cc1. The van der Waals surface area contributed by atoms with Crippen molar-refractivity contribution in [3.63, 3.8) is 0 Å². The molecule has 3 aromatic rings. The number of unbranched alkanes of at least 4 members (excludes halogenated alkanes) is 5. The fourth-order valence-electron chi connectivity index (χ4n) is 4.06. The van der Waals surface area contributed by atoms with Crippen molar-refractivity contribution in [3.05, 3.63) is 66.5 Å². The van der Waals surface area contributed by atoms with Crippen LogP contribution in [0.2, 0.25) is 0 Å². The Morgan fingerprint density at radius 1 is 1.00 bits per heavy atom. The van der Waals surface area contributed by atoms with Gasteiger partial charge in [0.25, 0.3) is 0 Å². The van der Waals surface area contributed by atoms with Gasteiger partial charge in [0.2, 0.25) is 11.8 Å². The van der Waals surface area contributed by atoms with Crippen LogP contribution < -0.4 is 5.32 Å². The summed E-state index contributed by atoms with van der Waals surface area (Å²) in [4.78, 5) is 27.5. The molecule has 2 aromatic carbocycles. The van der Waals surface area contributed by atoms with Crippen molar-refractivity contribution in [1.82, 2.24) is 14.7 Å². The summed E-state index contributed by atoms with van der Waals surface area (Å²) >= 11 is 0. The smallest absolute Gasteiger partial charge is 0.245 e. The molecule has 0 saturated carbocycles. The number of hydrogen-bond acceptors (Lipinski definition) is 4. The second-order valence-corrected chi connectivity index (χ2v) is 9.04. The van der Waals surface area contributed by atoms with Gasteiger partial charge in [-0.1, -0.05) is 69.4 Å². The number of methoxy groups -OCH3 is 1. The molecule has 37 heavy (non-hydrogen) atoms. The molecule has 3 rings (SSSR count). The van der Waals surface area contributed by atoms with E-state index < -0.39 is 0 Å². The van der Waals surface area contributed by atoms with Crippen LogP contribution in [0.3, 0.4) is 0 Å². The normalized spacial score (nSPS) is 10.9. The molecule has 0 saturated heterocycles. The zero-order chi connectivity index (χ0) is 26.5. The minimum Gasteiger partial charge on any atom is -0.383 e. The molecule has 198 valence electrons. The van der Waals surface area contributed by atoms with E-state index in [1.54, 1.807) is 34.9 Å². The van der Waals surface area contributed by atoms with Gasteiger partial charge in [-0.25, -0.2) is 9.07 Å². The van der Waals surface area contributed by atoms with Crippen LogP contribution in [-0.2, 0) is 14.3 Å². The number of aromatic nitrogens is 2. The van der Waals surface area contributed by atoms with Crippen LogP contribution in [0, 0.1) is 5.82 Å². The Labute approximate surface area is 218 Å². The van der Waals surface area contributed by atoms with Gasteiger partial charge >= 0.3 is 0 Å². The zero-order valence-electron chi connectivity index (χ0n) is 21.8. The summed E-state index contributed by atoms with van der Waals surface area (Å²) in [5.41, 5.74) is 2.15. The van der Waals surface area contributed by atoms with Gasteiger partial charge in [0, 0.05) is 31.7 Å². The molecule has 0 bridgehead atoms. The molecule has 0 fully saturated rings. The summed E-state index contributed by atoms with van der Waals surface area (Å²) in [6, 6.07) is 17.3. The number of nitrogens with one attached hydrogen (secondary N) is 1. The monoisotopic (exact) mass is 508 g/mol. The molecule has 0 aliphatic carbocycles. The van der Waals surface area contributed by atoms with Crippen molar-refractivity contribution in [2.24, 2.45) is 0 Å². The standard InChI is InChI=1S/C29H37FN4O3/c1-3-4-5-6-7-11-14-29(36)33(19-20-37-2)22-28(35)31-27-21-26(23-12-9-8-10-13-23)32-34(27)25-17-15-24(30)16-18-25/h8-10,12-13,15-18,21H,3-7,11,14,19-20,22H2,1-2H3,(H,31,35). The van der Waals surface area contributed by atoms with E-state index in [0.717, 1.165) is 24.8 Å². The molecule has 1 N–H and O–H groups in total. The second-order valence-electron chi connectivity index (χ2n) is 9.04. The number of hydrogen-bond donors (Lipinski definition) is 1. The highest BCUT2D eigenvalue weighted by Gasteiger charge is 2.19. The van der Waals surface area contributed by atoms with Crippen LogP contribution in [0.4, 0.5) is 10.2 Å². The Kier molecular flexibility index (Phi) is 11.3. The number of halogens is 1. The topological polar surface area (TPSA) is 76.5 Å². The van der Waals surface area contributed by atoms with Crippen molar-refractivity contribution < 1.29 is 18.7 Å². The van der Waals surface area contributed by atoms with E-state index in [1.807, 2.05) is 30.3 Å². The summed E-state index contributed by atoms with van der Waals surface area (Å²) in [5.74, 6) is -0.317. The summed E-state index contributed by atoms with van der Waals surface area (Å²) < 4.78 is 20.3. The Balaban J connectivity index is 1.71. The molecule has 2 amide bonds. The lowest BCUT2D eigenvalue weighted by atomic mass is 10.1. The first-order valence-electron chi connectivity index (χ1n) is 13.0. The molecule has 0 aliphatic rings. The fourth-order valence-corrected chi connectivity index (χ4v) is 4.06. The van der Waals surface area contributed by atoms with Crippen molar-refractivity contribution >= 4 is 17.6 Å². The first-order valence-corrected chi connectivity index (χ1v) is 13.0. The van der Waals surface area contributed by atoms with Gasteiger partial charge in [-0.05, 0) is 30.7 Å². The highest BCUT2D eigenvalue weighted by atomic mass is 19.1. The van der Waals surface area contributed by atoms with E-state index in [0.29, 0.717) is 36.8 Å². The summed E-state index contributed by atoms with van der Waals surface area (Å²) in [7, 11) is 1.57. The number of anilines is 1. The predicted octanol–water partition coefficient (Wildman–Crippen LogP) is 5.84. The highest BCUT2D eigenvalue weighted by Crippen LogP contribution is 2.25. The maximum Gasteiger partial charge on any atom is 0.245 e. The minimum absolute atomic E-state index is 0.0558. The largest absolute Gasteiger partial charge is 0.383 e. The van der Waals surface area contributed by atoms with Gasteiger partial charge in [-0.3, -0.25) is 9.59 Å². The third kappa shape index (κ3) is 8.82. The van der Waals surface area contributed by atoms with E-state index in [2.05, 4.69) is 17.3 Å². The van der Waals surface area contributed by atoms with Crippen molar-refractivity contribution in [2.45, 2.75) is 51.9 Å². The fraction of sp³-hybridized carbons (Fsp3) is 0.414. The first kappa shape index (κ1) is 28.1. The third-order valence-electron chi connectivity index (χ3n) is 6.11. The lowest BCUT2D eigenvalue weighted by molar-refractivity contribution is -0.135. The summed E-state index contributed by atoms with van der Waals surface area (Å²) in [6.45, 7) is 2.77. The molecular formula is C29H37FN4O3. The molecule has 8 heteroatoms. The van der Waals surface area contributed by atoms with Crippen LogP contribution in [-0.4, -0.2) is 53.3 Å². The number of amides is 2. The molecule has 0 aliphatic heterocycles. The predicted molar refractivity (Wildman–Crippen MR) is 144 cm³/mol. The number of carbonyl (C=O) groups excluding carboxylic acids is 2. The van der Waals surface area contributed by atoms with E-state index in [-0.39, 0.29) is 24.2 Å². The number of nitrogens with zero attached hydrogens (tertiary/aromatic N) is 3. The second kappa shape index (κ2) is 14.9. The van der Waals surface area contributed by atoms with Gasteiger partial charge in [-0.15, -0.1) is 0 Å². The molecule has 7 nitrogen and oxygen atoms in total. The van der Waals surface area contributed by atoms with E-state index in [1.165, 1.54) is 31.4 Å². The molecule has 1 heterocycles. The quantitative estimate of drug-likeness (QED) is 0.262. The lowest BCUT2D eigenvalue weighted by Gasteiger charge is -2.22. The molecule has 1 aromatic heterocycles. The third-order valence-corrected chi connectivity index (χ3v) is 6.11. The number of rotatable bonds is 15. The van der Waals surface area contributed by atoms with Crippen LogP contribution in [0.5, 0.6) is 0 Å². The van der Waals surface area contributed by atoms with Crippen molar-refractivity contribution in [2.75, 3.05) is 32.1 Å². The van der Waals surface area contributed by atoms with Gasteiger partial charge in [0.15, 0.2) is 0 Å². The van der Waals surface area contributed by atoms with Gasteiger partial charge in [0.1, 0.15) is 11.6 Å². The first-order chi connectivity index (χ1) is 18.0. The zero-order valence-corrected chi connectivity index (χ0v) is 21.8. The van der Waals surface area contributed by atoms with Crippen LogP contribution in [0.1, 0.15) is 51.9 Å². The minimum atomic E-state index is -0.359. The van der Waals surface area contributed by atoms with Crippen molar-refractivity contribution in [1.29, 1.82) is 0 Å². The van der Waals surface area contributed by atoms with Crippen LogP contribution in [0.25, 0.3) is 16.9 Å². The van der Waals surface area contributed by atoms with Gasteiger partial charge in [-0.2, -0.15) is 5.10 Å². The Morgan fingerprint density at radius 2 is 1.70 bits per heavy atom. The molecule has 0 radical (unpaired) electrons. The Hall–Kier alpha value is -3.52. The highest BCUT2D eigenvalue weighted by molar-refractivity contribution is 5.94. The van der Waals surface area contributed by atoms with Crippen LogP contribution in [0.15, 0.2) is 60.7 Å². The molecule has 0 atom stereocenters. The number of carbonyl (C=O) groups is 2. The maximum atomic E-state index is 13.5. The van der Waals surface area contributed by atoms with E-state index >= 15 is 0 Å². The lowest BCUT2D eigenvalue weighted by Crippen LogP contribution is -2.40. The average Bonchev–Trinajstić information content (AvgIpc) is 3.32. The number of ether oxygens (including phenoxy) is 1. The van der Waals surface area contributed by atoms with E-state index in [4.69, 9.17) is 4.74 Å². The van der Waals surface area contributed by atoms with Gasteiger partial charge < -0.3 is 15.0 Å². The summed E-state index contributed by atoms with van der Waals surface area (Å²) in [6.07, 6.45) is 6.94. The van der Waals surface area contributed by atoms with Crippen molar-refractivity contribution in [3.8, 4) is 16.9 Å². The summed E-state index contributed by atoms with van der Waals surface area (Å²) in [5, 5.41) is 7.55. The maximum absolute atomic E-state index is 13.5. The molecule has 0 unspecified atom stereocenters. The molecule has 0 spiro atoms. The van der Waals surface area contributed by atoms with E-state index in [9.17, 15) is 14.0 Å². The average molecular weight is 509 g/mol. The molecular weight excluding hydrogens is 471 g/mol. The van der Waals surface area contributed by atoms with Gasteiger partial charge in [0.05, 0.1) is 24.5 Å². The Bertz CT molecular complexity index is 1120. The van der Waals surface area contributed by atoms with Crippen LogP contribution >= 0.6 is 0 Å². The number of benzene rings is 2.